The maximum Gasteiger partial charge on any atom is 0.251 e. The zero-order chi connectivity index (χ0) is 16.7. The van der Waals surface area contributed by atoms with Crippen molar-refractivity contribution in [1.29, 1.82) is 0 Å². The predicted molar refractivity (Wildman–Crippen MR) is 95.1 cm³/mol. The molecule has 3 nitrogen and oxygen atoms in total. The number of nitrogens with zero attached hydrogens (tertiary/aromatic N) is 1. The summed E-state index contributed by atoms with van der Waals surface area (Å²) in [6.45, 7) is 5.44. The van der Waals surface area contributed by atoms with Gasteiger partial charge in [-0.05, 0) is 18.2 Å². The Morgan fingerprint density at radius 1 is 1.08 bits per heavy atom. The molecule has 0 heterocycles. The molecule has 1 unspecified atom stereocenters. The van der Waals surface area contributed by atoms with E-state index in [1.807, 2.05) is 54.6 Å². The first kappa shape index (κ1) is 19.9. The number of rotatable bonds is 7. The molecule has 0 aliphatic heterocycles. The number of hydrogen-bond donors (Lipinski definition) is 1. The summed E-state index contributed by atoms with van der Waals surface area (Å²) < 4.78 is 0.739. The van der Waals surface area contributed by atoms with Gasteiger partial charge in [-0.25, -0.2) is 0 Å². The lowest BCUT2D eigenvalue weighted by atomic mass is 10.0. The molecule has 0 saturated heterocycles. The van der Waals surface area contributed by atoms with Crippen LogP contribution < -0.4 is 17.7 Å². The number of hydrogen-bond acceptors (Lipinski definition) is 1. The second kappa shape index (κ2) is 9.26. The van der Waals surface area contributed by atoms with Gasteiger partial charge in [0.1, 0.15) is 6.04 Å². The first-order chi connectivity index (χ1) is 11.0. The Bertz CT molecular complexity index is 641. The Hall–Kier alpha value is -2.10. The second-order valence-electron chi connectivity index (χ2n) is 6.22. The quantitative estimate of drug-likeness (QED) is 0.572. The fourth-order valence-electron chi connectivity index (χ4n) is 2.76. The maximum atomic E-state index is 12.1. The van der Waals surface area contributed by atoms with Crippen LogP contribution in [0.5, 0.6) is 0 Å². The maximum absolute atomic E-state index is 12.1. The van der Waals surface area contributed by atoms with Crippen LogP contribution in [0.25, 0.3) is 0 Å². The third kappa shape index (κ3) is 5.22. The normalized spacial score (nSPS) is 11.9. The predicted octanol–water partition coefficient (Wildman–Crippen LogP) is 0.424. The smallest absolute Gasteiger partial charge is 0.251 e. The average molecular weight is 345 g/mol. The van der Waals surface area contributed by atoms with Crippen LogP contribution >= 0.6 is 0 Å². The van der Waals surface area contributed by atoms with Crippen molar-refractivity contribution >= 4 is 5.91 Å². The largest absolute Gasteiger partial charge is 1.00 e. The number of quaternary nitrogens is 1. The SMILES string of the molecule is C=CC(c1ccccc1)[N+](C)(C)CCNC(=O)c1ccccc1.[Cl-]. The Morgan fingerprint density at radius 2 is 1.62 bits per heavy atom. The Labute approximate surface area is 151 Å². The molecule has 4 heteroatoms. The molecule has 2 aromatic carbocycles. The molecule has 2 rings (SSSR count). The number of benzene rings is 2. The Kier molecular flexibility index (Phi) is 7.69. The average Bonchev–Trinajstić information content (AvgIpc) is 2.56. The highest BCUT2D eigenvalue weighted by Crippen LogP contribution is 2.25. The van der Waals surface area contributed by atoms with Gasteiger partial charge < -0.3 is 22.2 Å². The molecule has 0 aromatic heterocycles. The number of carbonyl (C=O) groups is 1. The van der Waals surface area contributed by atoms with E-state index in [1.54, 1.807) is 0 Å². The molecule has 1 atom stereocenters. The minimum Gasteiger partial charge on any atom is -1.00 e. The molecule has 0 aliphatic rings. The summed E-state index contributed by atoms with van der Waals surface area (Å²) in [4.78, 5) is 12.1. The van der Waals surface area contributed by atoms with Crippen molar-refractivity contribution in [2.75, 3.05) is 27.2 Å². The second-order valence-corrected chi connectivity index (χ2v) is 6.22. The molecule has 2 aromatic rings. The van der Waals surface area contributed by atoms with Crippen LogP contribution in [0.15, 0.2) is 73.3 Å². The van der Waals surface area contributed by atoms with Gasteiger partial charge in [0, 0.05) is 11.1 Å². The summed E-state index contributed by atoms with van der Waals surface area (Å²) in [6.07, 6.45) is 1.98. The third-order valence-electron chi connectivity index (χ3n) is 4.13. The standard InChI is InChI=1S/C20H24N2O.ClH/c1-4-19(17-11-7-5-8-12-17)22(2,3)16-15-21-20(23)18-13-9-6-10-14-18;/h4-14,19H,1,15-16H2,2-3H3;1H. The zero-order valence-electron chi connectivity index (χ0n) is 14.3. The minimum absolute atomic E-state index is 0. The van der Waals surface area contributed by atoms with Crippen molar-refractivity contribution in [2.45, 2.75) is 6.04 Å². The monoisotopic (exact) mass is 344 g/mol. The lowest BCUT2D eigenvalue weighted by Gasteiger charge is -2.36. The summed E-state index contributed by atoms with van der Waals surface area (Å²) >= 11 is 0. The highest BCUT2D eigenvalue weighted by molar-refractivity contribution is 5.94. The van der Waals surface area contributed by atoms with E-state index in [0.29, 0.717) is 12.1 Å². The van der Waals surface area contributed by atoms with Crippen molar-refractivity contribution in [3.8, 4) is 0 Å². The van der Waals surface area contributed by atoms with Gasteiger partial charge in [0.05, 0.1) is 27.2 Å². The molecule has 1 amide bonds. The molecule has 0 radical (unpaired) electrons. The number of carbonyl (C=O) groups excluding carboxylic acids is 1. The van der Waals surface area contributed by atoms with Gasteiger partial charge in [-0.2, -0.15) is 0 Å². The van der Waals surface area contributed by atoms with E-state index in [2.05, 4.69) is 38.1 Å². The van der Waals surface area contributed by atoms with Crippen LogP contribution in [-0.2, 0) is 0 Å². The summed E-state index contributed by atoms with van der Waals surface area (Å²) in [6, 6.07) is 19.9. The van der Waals surface area contributed by atoms with Crippen LogP contribution in [0.3, 0.4) is 0 Å². The zero-order valence-corrected chi connectivity index (χ0v) is 15.0. The highest BCUT2D eigenvalue weighted by atomic mass is 35.5. The number of halogens is 1. The fourth-order valence-corrected chi connectivity index (χ4v) is 2.76. The lowest BCUT2D eigenvalue weighted by Crippen LogP contribution is -3.00. The number of amides is 1. The van der Waals surface area contributed by atoms with Crippen molar-refractivity contribution in [3.05, 3.63) is 84.4 Å². The molecule has 128 valence electrons. The molecule has 0 spiro atoms. The lowest BCUT2D eigenvalue weighted by molar-refractivity contribution is -0.913. The van der Waals surface area contributed by atoms with Crippen molar-refractivity contribution in [1.82, 2.24) is 5.32 Å². The number of likely N-dealkylation sites (N-methyl/N-ethyl adjacent to an activating group) is 1. The van der Waals surface area contributed by atoms with Crippen molar-refractivity contribution in [2.24, 2.45) is 0 Å². The van der Waals surface area contributed by atoms with Gasteiger partial charge in [-0.15, -0.1) is 0 Å². The van der Waals surface area contributed by atoms with Crippen LogP contribution in [0, 0.1) is 0 Å². The van der Waals surface area contributed by atoms with E-state index in [-0.39, 0.29) is 24.4 Å². The van der Waals surface area contributed by atoms with Crippen LogP contribution in [-0.4, -0.2) is 37.6 Å². The minimum atomic E-state index is -0.0273. The van der Waals surface area contributed by atoms with E-state index < -0.39 is 0 Å². The first-order valence-corrected chi connectivity index (χ1v) is 7.88. The highest BCUT2D eigenvalue weighted by Gasteiger charge is 2.26. The molecule has 0 aliphatic carbocycles. The van der Waals surface area contributed by atoms with E-state index in [0.717, 1.165) is 11.0 Å². The summed E-state index contributed by atoms with van der Waals surface area (Å²) in [5, 5.41) is 3.00. The summed E-state index contributed by atoms with van der Waals surface area (Å²) in [7, 11) is 4.32. The van der Waals surface area contributed by atoms with E-state index in [9.17, 15) is 4.79 Å². The topological polar surface area (TPSA) is 29.1 Å². The van der Waals surface area contributed by atoms with Crippen LogP contribution in [0.1, 0.15) is 22.0 Å². The number of nitrogens with one attached hydrogen (secondary N) is 1. The van der Waals surface area contributed by atoms with Gasteiger partial charge in [0.25, 0.3) is 5.91 Å². The van der Waals surface area contributed by atoms with Crippen LogP contribution in [0.4, 0.5) is 0 Å². The molecule has 0 bridgehead atoms. The fraction of sp³-hybridized carbons (Fsp3) is 0.250. The molecule has 0 saturated carbocycles. The molecule has 24 heavy (non-hydrogen) atoms. The van der Waals surface area contributed by atoms with Crippen molar-refractivity contribution in [3.63, 3.8) is 0 Å². The van der Waals surface area contributed by atoms with Gasteiger partial charge in [-0.3, -0.25) is 4.79 Å². The molecule has 1 N–H and O–H groups in total. The Balaban J connectivity index is 0.00000288. The van der Waals surface area contributed by atoms with Crippen molar-refractivity contribution < 1.29 is 21.7 Å². The van der Waals surface area contributed by atoms with E-state index in [1.165, 1.54) is 5.56 Å². The van der Waals surface area contributed by atoms with Gasteiger partial charge in [-0.1, -0.05) is 55.1 Å². The first-order valence-electron chi connectivity index (χ1n) is 7.88. The summed E-state index contributed by atoms with van der Waals surface area (Å²) in [5.41, 5.74) is 1.93. The molecular weight excluding hydrogens is 320 g/mol. The van der Waals surface area contributed by atoms with Crippen LogP contribution in [0.2, 0.25) is 0 Å². The van der Waals surface area contributed by atoms with Gasteiger partial charge >= 0.3 is 0 Å². The van der Waals surface area contributed by atoms with Gasteiger partial charge in [0.2, 0.25) is 0 Å². The third-order valence-corrected chi connectivity index (χ3v) is 4.13. The molecular formula is C20H25ClN2O. The van der Waals surface area contributed by atoms with E-state index in [4.69, 9.17) is 0 Å². The van der Waals surface area contributed by atoms with Gasteiger partial charge in [0.15, 0.2) is 0 Å². The Morgan fingerprint density at radius 3 is 2.17 bits per heavy atom. The van der Waals surface area contributed by atoms with E-state index >= 15 is 0 Å². The molecule has 0 fully saturated rings. The summed E-state index contributed by atoms with van der Waals surface area (Å²) in [5.74, 6) is -0.0273.